The number of aromatic nitrogens is 1. The van der Waals surface area contributed by atoms with Crippen molar-refractivity contribution in [1.29, 1.82) is 0 Å². The number of alkyl halides is 3. The van der Waals surface area contributed by atoms with E-state index in [0.717, 1.165) is 18.3 Å². The van der Waals surface area contributed by atoms with Gasteiger partial charge in [-0.05, 0) is 12.1 Å². The summed E-state index contributed by atoms with van der Waals surface area (Å²) in [7, 11) is 0. The van der Waals surface area contributed by atoms with Crippen molar-refractivity contribution in [3.8, 4) is 10.6 Å². The largest absolute Gasteiger partial charge is 0.416 e. The van der Waals surface area contributed by atoms with E-state index in [1.807, 2.05) is 0 Å². The number of hydrogen-bond donors (Lipinski definition) is 1. The predicted molar refractivity (Wildman–Crippen MR) is 61.9 cm³/mol. The van der Waals surface area contributed by atoms with E-state index in [2.05, 4.69) is 10.1 Å². The molecule has 0 aliphatic rings. The molecule has 0 fully saturated rings. The van der Waals surface area contributed by atoms with Gasteiger partial charge in [-0.2, -0.15) is 13.2 Å². The molecule has 0 atom stereocenters. The molecule has 1 aromatic carbocycles. The fraction of sp³-hybridized carbons (Fsp3) is 0.0909. The molecule has 1 heterocycles. The van der Waals surface area contributed by atoms with Crippen LogP contribution in [0.25, 0.3) is 10.6 Å². The monoisotopic (exact) mass is 272 g/mol. The zero-order valence-corrected chi connectivity index (χ0v) is 9.66. The van der Waals surface area contributed by atoms with E-state index in [4.69, 9.17) is 5.21 Å². The first kappa shape index (κ1) is 12.6. The fourth-order valence-corrected chi connectivity index (χ4v) is 2.12. The minimum atomic E-state index is -4.34. The van der Waals surface area contributed by atoms with Crippen molar-refractivity contribution >= 4 is 17.6 Å². The van der Waals surface area contributed by atoms with E-state index in [1.165, 1.54) is 23.5 Å². The van der Waals surface area contributed by atoms with Gasteiger partial charge in [-0.3, -0.25) is 0 Å². The number of nitrogens with zero attached hydrogens (tertiary/aromatic N) is 2. The van der Waals surface area contributed by atoms with Gasteiger partial charge in [-0.15, -0.1) is 11.3 Å². The Kier molecular flexibility index (Phi) is 3.33. The van der Waals surface area contributed by atoms with Crippen molar-refractivity contribution in [3.63, 3.8) is 0 Å². The first-order valence-corrected chi connectivity index (χ1v) is 5.69. The molecule has 0 bridgehead atoms. The number of benzene rings is 1. The predicted octanol–water partition coefficient (Wildman–Crippen LogP) is 3.64. The molecule has 18 heavy (non-hydrogen) atoms. The molecule has 1 N–H and O–H groups in total. The molecule has 2 aromatic rings. The van der Waals surface area contributed by atoms with Gasteiger partial charge in [0.1, 0.15) is 5.01 Å². The highest BCUT2D eigenvalue weighted by Gasteiger charge is 2.30. The van der Waals surface area contributed by atoms with Crippen LogP contribution < -0.4 is 0 Å². The Hall–Kier alpha value is -1.89. The van der Waals surface area contributed by atoms with Crippen molar-refractivity contribution in [2.75, 3.05) is 0 Å². The van der Waals surface area contributed by atoms with Crippen LogP contribution in [0.5, 0.6) is 0 Å². The number of hydrogen-bond acceptors (Lipinski definition) is 4. The Bertz CT molecular complexity index is 560. The van der Waals surface area contributed by atoms with Gasteiger partial charge in [0, 0.05) is 10.9 Å². The van der Waals surface area contributed by atoms with Crippen LogP contribution in [0.2, 0.25) is 0 Å². The van der Waals surface area contributed by atoms with E-state index < -0.39 is 11.7 Å². The van der Waals surface area contributed by atoms with Crippen LogP contribution >= 0.6 is 11.3 Å². The van der Waals surface area contributed by atoms with Crippen LogP contribution in [0.1, 0.15) is 11.3 Å². The SMILES string of the molecule is O/N=C/c1csc(-c2ccc(C(F)(F)F)cc2)n1. The van der Waals surface area contributed by atoms with Crippen LogP contribution in [-0.2, 0) is 6.18 Å². The Morgan fingerprint density at radius 1 is 1.22 bits per heavy atom. The third-order valence-corrected chi connectivity index (χ3v) is 3.08. The second-order valence-corrected chi connectivity index (χ2v) is 4.26. The highest BCUT2D eigenvalue weighted by atomic mass is 32.1. The Labute approximate surface area is 104 Å². The van der Waals surface area contributed by atoms with Crippen molar-refractivity contribution in [3.05, 3.63) is 40.9 Å². The molecule has 3 nitrogen and oxygen atoms in total. The topological polar surface area (TPSA) is 45.5 Å². The lowest BCUT2D eigenvalue weighted by atomic mass is 10.1. The molecule has 0 aliphatic carbocycles. The van der Waals surface area contributed by atoms with Crippen LogP contribution in [-0.4, -0.2) is 16.4 Å². The molecule has 0 spiro atoms. The lowest BCUT2D eigenvalue weighted by molar-refractivity contribution is -0.137. The number of thiazole rings is 1. The van der Waals surface area contributed by atoms with Gasteiger partial charge >= 0.3 is 6.18 Å². The summed E-state index contributed by atoms with van der Waals surface area (Å²) in [6.07, 6.45) is -3.18. The van der Waals surface area contributed by atoms with Gasteiger partial charge < -0.3 is 5.21 Å². The quantitative estimate of drug-likeness (QED) is 0.515. The Morgan fingerprint density at radius 2 is 1.89 bits per heavy atom. The van der Waals surface area contributed by atoms with Crippen LogP contribution in [0.15, 0.2) is 34.8 Å². The maximum atomic E-state index is 12.4. The van der Waals surface area contributed by atoms with Crippen LogP contribution in [0.3, 0.4) is 0 Å². The van der Waals surface area contributed by atoms with Crippen LogP contribution in [0, 0.1) is 0 Å². The molecule has 0 amide bonds. The molecule has 94 valence electrons. The second-order valence-electron chi connectivity index (χ2n) is 3.40. The molecule has 7 heteroatoms. The van der Waals surface area contributed by atoms with Gasteiger partial charge in [-0.1, -0.05) is 17.3 Å². The smallest absolute Gasteiger partial charge is 0.411 e. The third-order valence-electron chi connectivity index (χ3n) is 2.17. The number of halogens is 3. The molecule has 0 saturated heterocycles. The van der Waals surface area contributed by atoms with E-state index in [1.54, 1.807) is 5.38 Å². The molecular formula is C11H7F3N2OS. The zero-order valence-electron chi connectivity index (χ0n) is 8.85. The standard InChI is InChI=1S/C11H7F3N2OS/c12-11(13,14)8-3-1-7(2-4-8)10-16-9(5-15-17)6-18-10/h1-6,17H/b15-5+. The summed E-state index contributed by atoms with van der Waals surface area (Å²) in [6.45, 7) is 0. The maximum absolute atomic E-state index is 12.4. The summed E-state index contributed by atoms with van der Waals surface area (Å²) < 4.78 is 37.1. The van der Waals surface area contributed by atoms with Gasteiger partial charge in [0.25, 0.3) is 0 Å². The molecule has 0 saturated carbocycles. The summed E-state index contributed by atoms with van der Waals surface area (Å²) in [4.78, 5) is 4.09. The number of oxime groups is 1. The van der Waals surface area contributed by atoms with Gasteiger partial charge in [-0.25, -0.2) is 4.98 Å². The summed E-state index contributed by atoms with van der Waals surface area (Å²) in [5.41, 5.74) is 0.350. The normalized spacial score (nSPS) is 12.2. The van der Waals surface area contributed by atoms with Gasteiger partial charge in [0.05, 0.1) is 17.5 Å². The zero-order chi connectivity index (χ0) is 13.2. The lowest BCUT2D eigenvalue weighted by Gasteiger charge is -2.06. The summed E-state index contributed by atoms with van der Waals surface area (Å²) in [5, 5.41) is 13.4. The van der Waals surface area contributed by atoms with Crippen molar-refractivity contribution in [1.82, 2.24) is 4.98 Å². The van der Waals surface area contributed by atoms with Crippen molar-refractivity contribution in [2.45, 2.75) is 6.18 Å². The molecule has 0 radical (unpaired) electrons. The van der Waals surface area contributed by atoms with E-state index >= 15 is 0 Å². The fourth-order valence-electron chi connectivity index (χ4n) is 1.34. The van der Waals surface area contributed by atoms with Gasteiger partial charge in [0.15, 0.2) is 0 Å². The van der Waals surface area contributed by atoms with E-state index in [0.29, 0.717) is 16.3 Å². The molecule has 0 unspecified atom stereocenters. The maximum Gasteiger partial charge on any atom is 0.416 e. The first-order chi connectivity index (χ1) is 8.50. The average Bonchev–Trinajstić information content (AvgIpc) is 2.77. The van der Waals surface area contributed by atoms with Crippen molar-refractivity contribution < 1.29 is 18.4 Å². The third kappa shape index (κ3) is 2.67. The minimum Gasteiger partial charge on any atom is -0.411 e. The van der Waals surface area contributed by atoms with Crippen molar-refractivity contribution in [2.24, 2.45) is 5.16 Å². The second kappa shape index (κ2) is 4.77. The van der Waals surface area contributed by atoms with Gasteiger partial charge in [0.2, 0.25) is 0 Å². The summed E-state index contributed by atoms with van der Waals surface area (Å²) in [5.74, 6) is 0. The summed E-state index contributed by atoms with van der Waals surface area (Å²) >= 11 is 1.26. The summed E-state index contributed by atoms with van der Waals surface area (Å²) in [6, 6.07) is 4.75. The molecule has 0 aliphatic heterocycles. The highest BCUT2D eigenvalue weighted by Crippen LogP contribution is 2.31. The Morgan fingerprint density at radius 3 is 2.44 bits per heavy atom. The molecular weight excluding hydrogens is 265 g/mol. The minimum absolute atomic E-state index is 0.456. The Balaban J connectivity index is 2.28. The molecule has 2 rings (SSSR count). The lowest BCUT2D eigenvalue weighted by Crippen LogP contribution is -2.03. The average molecular weight is 272 g/mol. The first-order valence-electron chi connectivity index (χ1n) is 4.81. The van der Waals surface area contributed by atoms with E-state index in [-0.39, 0.29) is 0 Å². The highest BCUT2D eigenvalue weighted by molar-refractivity contribution is 7.13. The number of rotatable bonds is 2. The van der Waals surface area contributed by atoms with Crippen LogP contribution in [0.4, 0.5) is 13.2 Å². The molecule has 1 aromatic heterocycles. The van der Waals surface area contributed by atoms with E-state index in [9.17, 15) is 13.2 Å².